The molecular formula is C27H31NO3. The van der Waals surface area contributed by atoms with Crippen LogP contribution in [0.4, 0.5) is 0 Å². The van der Waals surface area contributed by atoms with Crippen LogP contribution in [0.5, 0.6) is 11.5 Å². The molecule has 4 nitrogen and oxygen atoms in total. The summed E-state index contributed by atoms with van der Waals surface area (Å²) in [7, 11) is 1.63. The summed E-state index contributed by atoms with van der Waals surface area (Å²) in [6.45, 7) is 6.50. The van der Waals surface area contributed by atoms with Crippen molar-refractivity contribution in [1.82, 2.24) is 5.32 Å². The fourth-order valence-corrected chi connectivity index (χ4v) is 3.40. The Balaban J connectivity index is 1.62. The quantitative estimate of drug-likeness (QED) is 0.490. The van der Waals surface area contributed by atoms with Crippen LogP contribution in [-0.4, -0.2) is 19.1 Å². The van der Waals surface area contributed by atoms with Crippen LogP contribution in [0.2, 0.25) is 0 Å². The zero-order valence-corrected chi connectivity index (χ0v) is 18.8. The van der Waals surface area contributed by atoms with Gasteiger partial charge >= 0.3 is 0 Å². The number of aryl methyl sites for hydroxylation is 3. The minimum atomic E-state index is -0.0874. The maximum atomic E-state index is 12.8. The third-order valence-electron chi connectivity index (χ3n) is 5.50. The van der Waals surface area contributed by atoms with Crippen molar-refractivity contribution in [2.45, 2.75) is 46.3 Å². The van der Waals surface area contributed by atoms with E-state index in [-0.39, 0.29) is 11.9 Å². The maximum absolute atomic E-state index is 12.8. The molecule has 3 aromatic rings. The molecule has 0 aromatic heterocycles. The van der Waals surface area contributed by atoms with E-state index in [4.69, 9.17) is 9.47 Å². The van der Waals surface area contributed by atoms with Crippen LogP contribution in [0.15, 0.2) is 66.7 Å². The second-order valence-corrected chi connectivity index (χ2v) is 7.96. The van der Waals surface area contributed by atoms with Gasteiger partial charge in [-0.2, -0.15) is 0 Å². The van der Waals surface area contributed by atoms with E-state index in [0.717, 1.165) is 24.2 Å². The Morgan fingerprint density at radius 1 is 0.968 bits per heavy atom. The lowest BCUT2D eigenvalue weighted by molar-refractivity contribution is 0.0938. The van der Waals surface area contributed by atoms with Crippen molar-refractivity contribution < 1.29 is 14.3 Å². The number of hydrogen-bond donors (Lipinski definition) is 1. The number of nitrogens with one attached hydrogen (secondary N) is 1. The Morgan fingerprint density at radius 2 is 1.74 bits per heavy atom. The number of methoxy groups -OCH3 is 1. The molecular weight excluding hydrogens is 386 g/mol. The van der Waals surface area contributed by atoms with Crippen LogP contribution in [0.3, 0.4) is 0 Å². The highest BCUT2D eigenvalue weighted by Crippen LogP contribution is 2.23. The smallest absolute Gasteiger partial charge is 0.251 e. The van der Waals surface area contributed by atoms with Gasteiger partial charge in [-0.05, 0) is 80.6 Å². The van der Waals surface area contributed by atoms with Crippen LogP contribution in [-0.2, 0) is 13.0 Å². The zero-order chi connectivity index (χ0) is 22.2. The number of rotatable bonds is 9. The molecule has 1 N–H and O–H groups in total. The van der Waals surface area contributed by atoms with Gasteiger partial charge in [-0.3, -0.25) is 4.79 Å². The first-order chi connectivity index (χ1) is 15.0. The second-order valence-electron chi connectivity index (χ2n) is 7.96. The molecule has 0 bridgehead atoms. The summed E-state index contributed by atoms with van der Waals surface area (Å²) >= 11 is 0. The average Bonchev–Trinajstić information content (AvgIpc) is 2.79. The fourth-order valence-electron chi connectivity index (χ4n) is 3.40. The highest BCUT2D eigenvalue weighted by Gasteiger charge is 2.13. The maximum Gasteiger partial charge on any atom is 0.251 e. The van der Waals surface area contributed by atoms with Crippen molar-refractivity contribution in [2.24, 2.45) is 0 Å². The summed E-state index contributed by atoms with van der Waals surface area (Å²) in [6.07, 6.45) is 1.81. The lowest BCUT2D eigenvalue weighted by Crippen LogP contribution is -2.33. The Labute approximate surface area is 185 Å². The normalized spacial score (nSPS) is 11.6. The predicted octanol–water partition coefficient (Wildman–Crippen LogP) is 5.64. The number of ether oxygens (including phenoxy) is 2. The lowest BCUT2D eigenvalue weighted by Gasteiger charge is -2.16. The summed E-state index contributed by atoms with van der Waals surface area (Å²) in [5, 5.41) is 3.10. The van der Waals surface area contributed by atoms with Gasteiger partial charge in [-0.25, -0.2) is 0 Å². The molecule has 0 heterocycles. The largest absolute Gasteiger partial charge is 0.496 e. The van der Waals surface area contributed by atoms with E-state index in [1.54, 1.807) is 13.2 Å². The van der Waals surface area contributed by atoms with Gasteiger partial charge < -0.3 is 14.8 Å². The molecule has 0 unspecified atom stereocenters. The predicted molar refractivity (Wildman–Crippen MR) is 125 cm³/mol. The molecule has 31 heavy (non-hydrogen) atoms. The van der Waals surface area contributed by atoms with Crippen LogP contribution < -0.4 is 14.8 Å². The van der Waals surface area contributed by atoms with Gasteiger partial charge in [0.2, 0.25) is 0 Å². The number of carbonyl (C=O) groups excluding carboxylic acids is 1. The van der Waals surface area contributed by atoms with Crippen molar-refractivity contribution in [3.63, 3.8) is 0 Å². The number of benzene rings is 3. The summed E-state index contributed by atoms with van der Waals surface area (Å²) < 4.78 is 11.4. The number of amides is 1. The van der Waals surface area contributed by atoms with Gasteiger partial charge in [0.1, 0.15) is 18.1 Å². The van der Waals surface area contributed by atoms with Crippen molar-refractivity contribution in [3.05, 3.63) is 94.5 Å². The zero-order valence-electron chi connectivity index (χ0n) is 18.8. The third-order valence-corrected chi connectivity index (χ3v) is 5.50. The summed E-state index contributed by atoms with van der Waals surface area (Å²) in [5.41, 5.74) is 5.13. The molecule has 0 aliphatic carbocycles. The van der Waals surface area contributed by atoms with E-state index in [1.807, 2.05) is 55.5 Å². The monoisotopic (exact) mass is 417 g/mol. The molecule has 0 fully saturated rings. The van der Waals surface area contributed by atoms with Crippen molar-refractivity contribution in [2.75, 3.05) is 7.11 Å². The molecule has 0 spiro atoms. The molecule has 0 aliphatic rings. The van der Waals surface area contributed by atoms with E-state index in [1.165, 1.54) is 16.7 Å². The standard InChI is InChI=1S/C27H31NO3/c1-19-10-14-25(16-20(19)2)31-18-24-17-23(13-15-26(24)30-4)27(29)28-21(3)11-12-22-8-6-5-7-9-22/h5-10,13-17,21H,11-12,18H2,1-4H3,(H,28,29)/t21-/m0/s1. The summed E-state index contributed by atoms with van der Waals surface area (Å²) in [6, 6.07) is 21.9. The molecule has 0 saturated carbocycles. The first-order valence-corrected chi connectivity index (χ1v) is 10.7. The van der Waals surface area contributed by atoms with Gasteiger partial charge in [0.05, 0.1) is 7.11 Å². The van der Waals surface area contributed by atoms with Crippen LogP contribution in [0.25, 0.3) is 0 Å². The molecule has 0 aliphatic heterocycles. The first kappa shape index (κ1) is 22.4. The summed E-state index contributed by atoms with van der Waals surface area (Å²) in [5.74, 6) is 1.42. The van der Waals surface area contributed by atoms with E-state index in [9.17, 15) is 4.79 Å². The molecule has 3 aromatic carbocycles. The first-order valence-electron chi connectivity index (χ1n) is 10.7. The van der Waals surface area contributed by atoms with Gasteiger partial charge in [0.25, 0.3) is 5.91 Å². The minimum absolute atomic E-state index is 0.0741. The van der Waals surface area contributed by atoms with Crippen LogP contribution in [0, 0.1) is 13.8 Å². The second kappa shape index (κ2) is 10.7. The number of carbonyl (C=O) groups is 1. The van der Waals surface area contributed by atoms with Gasteiger partial charge in [-0.15, -0.1) is 0 Å². The lowest BCUT2D eigenvalue weighted by atomic mass is 10.1. The Kier molecular flexibility index (Phi) is 7.71. The van der Waals surface area contributed by atoms with E-state index in [2.05, 4.69) is 31.3 Å². The molecule has 1 atom stereocenters. The van der Waals surface area contributed by atoms with Gasteiger partial charge in [-0.1, -0.05) is 36.4 Å². The SMILES string of the molecule is COc1ccc(C(=O)N[C@@H](C)CCc2ccccc2)cc1COc1ccc(C)c(C)c1. The van der Waals surface area contributed by atoms with Crippen molar-refractivity contribution >= 4 is 5.91 Å². The van der Waals surface area contributed by atoms with Crippen LogP contribution >= 0.6 is 0 Å². The van der Waals surface area contributed by atoms with E-state index >= 15 is 0 Å². The third kappa shape index (κ3) is 6.35. The minimum Gasteiger partial charge on any atom is -0.496 e. The molecule has 0 radical (unpaired) electrons. The Morgan fingerprint density at radius 3 is 2.45 bits per heavy atom. The molecule has 1 amide bonds. The van der Waals surface area contributed by atoms with Crippen LogP contribution in [0.1, 0.15) is 46.0 Å². The Hall–Kier alpha value is -3.27. The summed E-state index contributed by atoms with van der Waals surface area (Å²) in [4.78, 5) is 12.8. The topological polar surface area (TPSA) is 47.6 Å². The van der Waals surface area contributed by atoms with E-state index in [0.29, 0.717) is 17.9 Å². The highest BCUT2D eigenvalue weighted by atomic mass is 16.5. The molecule has 0 saturated heterocycles. The van der Waals surface area contributed by atoms with Crippen molar-refractivity contribution in [3.8, 4) is 11.5 Å². The van der Waals surface area contributed by atoms with Crippen molar-refractivity contribution in [1.29, 1.82) is 0 Å². The molecule has 4 heteroatoms. The van der Waals surface area contributed by atoms with E-state index < -0.39 is 0 Å². The highest BCUT2D eigenvalue weighted by molar-refractivity contribution is 5.94. The van der Waals surface area contributed by atoms with Gasteiger partial charge in [0, 0.05) is 17.2 Å². The van der Waals surface area contributed by atoms with Gasteiger partial charge in [0.15, 0.2) is 0 Å². The molecule has 162 valence electrons. The Bertz CT molecular complexity index is 1010. The number of hydrogen-bond acceptors (Lipinski definition) is 3. The molecule has 3 rings (SSSR count). The fraction of sp³-hybridized carbons (Fsp3) is 0.296. The average molecular weight is 418 g/mol.